The minimum absolute atomic E-state index is 0.0543. The van der Waals surface area contributed by atoms with Gasteiger partial charge in [0.05, 0.1) is 0 Å². The van der Waals surface area contributed by atoms with Gasteiger partial charge in [0.25, 0.3) is 0 Å². The molecule has 0 radical (unpaired) electrons. The van der Waals surface area contributed by atoms with Gasteiger partial charge in [-0.3, -0.25) is 4.90 Å². The summed E-state index contributed by atoms with van der Waals surface area (Å²) in [4.78, 5) is 2.00. The van der Waals surface area contributed by atoms with Gasteiger partial charge in [0, 0.05) is 18.1 Å². The van der Waals surface area contributed by atoms with Gasteiger partial charge in [-0.05, 0) is 27.7 Å². The number of hydrogen-bond donors (Lipinski definition) is 1. The van der Waals surface area contributed by atoms with Crippen LogP contribution in [0.2, 0.25) is 0 Å². The molecule has 0 bridgehead atoms. The van der Waals surface area contributed by atoms with Crippen molar-refractivity contribution in [3.63, 3.8) is 0 Å². The molecule has 0 spiro atoms. The maximum atomic E-state index is 13.1. The van der Waals surface area contributed by atoms with E-state index in [2.05, 4.69) is 0 Å². The van der Waals surface area contributed by atoms with Crippen molar-refractivity contribution in [2.45, 2.75) is 51.6 Å². The third kappa shape index (κ3) is 1.62. The van der Waals surface area contributed by atoms with Crippen molar-refractivity contribution in [2.75, 3.05) is 6.54 Å². The van der Waals surface area contributed by atoms with Crippen molar-refractivity contribution in [1.82, 2.24) is 4.90 Å². The van der Waals surface area contributed by atoms with Crippen molar-refractivity contribution in [3.05, 3.63) is 0 Å². The molecular formula is C9H18FNO. The van der Waals surface area contributed by atoms with Gasteiger partial charge in [-0.15, -0.1) is 0 Å². The largest absolute Gasteiger partial charge is 0.388 e. The first-order chi connectivity index (χ1) is 5.34. The van der Waals surface area contributed by atoms with Crippen LogP contribution in [0.4, 0.5) is 4.39 Å². The number of rotatable bonds is 0. The lowest BCUT2D eigenvalue weighted by Crippen LogP contribution is -2.45. The van der Waals surface area contributed by atoms with Gasteiger partial charge in [0.15, 0.2) is 0 Å². The maximum Gasteiger partial charge on any atom is 0.140 e. The Morgan fingerprint density at radius 1 is 1.42 bits per heavy atom. The molecule has 12 heavy (non-hydrogen) atoms. The Hall–Kier alpha value is -0.150. The summed E-state index contributed by atoms with van der Waals surface area (Å²) < 4.78 is 13.1. The molecule has 72 valence electrons. The molecular weight excluding hydrogens is 157 g/mol. The van der Waals surface area contributed by atoms with E-state index < -0.39 is 12.3 Å². The molecule has 1 saturated heterocycles. The molecule has 1 aliphatic heterocycles. The number of alkyl halides is 1. The molecule has 0 aliphatic carbocycles. The van der Waals surface area contributed by atoms with Gasteiger partial charge in [-0.1, -0.05) is 0 Å². The molecule has 1 rings (SSSR count). The second kappa shape index (κ2) is 2.96. The summed E-state index contributed by atoms with van der Waals surface area (Å²) >= 11 is 0. The molecule has 0 amide bonds. The Kier molecular flexibility index (Phi) is 2.45. The Morgan fingerprint density at radius 2 is 1.92 bits per heavy atom. The fourth-order valence-electron chi connectivity index (χ4n) is 1.83. The number of halogens is 1. The van der Waals surface area contributed by atoms with Crippen LogP contribution in [0.15, 0.2) is 0 Å². The van der Waals surface area contributed by atoms with Gasteiger partial charge < -0.3 is 5.11 Å². The minimum Gasteiger partial charge on any atom is -0.388 e. The molecule has 0 aromatic heterocycles. The van der Waals surface area contributed by atoms with Gasteiger partial charge in [-0.25, -0.2) is 4.39 Å². The highest BCUT2D eigenvalue weighted by Crippen LogP contribution is 2.27. The van der Waals surface area contributed by atoms with Crippen LogP contribution < -0.4 is 0 Å². The average molecular weight is 175 g/mol. The van der Waals surface area contributed by atoms with Gasteiger partial charge in [-0.2, -0.15) is 0 Å². The van der Waals surface area contributed by atoms with Crippen LogP contribution in [-0.2, 0) is 0 Å². The Morgan fingerprint density at radius 3 is 2.08 bits per heavy atom. The summed E-state index contributed by atoms with van der Waals surface area (Å²) in [6.07, 6.45) is -1.90. The standard InChI is InChI=1S/C9H18FNO/c1-6-8(12)7(10)5-11(6)9(2,3)4/h6-8,12H,5H2,1-4H3/t6-,7+,8+/m1/s1. The van der Waals surface area contributed by atoms with E-state index in [1.54, 1.807) is 0 Å². The summed E-state index contributed by atoms with van der Waals surface area (Å²) in [6, 6.07) is -0.0694. The second-order valence-corrected chi connectivity index (χ2v) is 4.57. The number of likely N-dealkylation sites (tertiary alicyclic amines) is 1. The Balaban J connectivity index is 2.71. The van der Waals surface area contributed by atoms with E-state index in [-0.39, 0.29) is 11.6 Å². The number of aliphatic hydroxyl groups excluding tert-OH is 1. The highest BCUT2D eigenvalue weighted by atomic mass is 19.1. The summed E-state index contributed by atoms with van der Waals surface area (Å²) in [5.41, 5.74) is -0.0543. The third-order valence-corrected chi connectivity index (χ3v) is 2.59. The molecule has 0 unspecified atom stereocenters. The van der Waals surface area contributed by atoms with Crippen molar-refractivity contribution in [2.24, 2.45) is 0 Å². The predicted molar refractivity (Wildman–Crippen MR) is 46.8 cm³/mol. The summed E-state index contributed by atoms with van der Waals surface area (Å²) in [6.45, 7) is 8.33. The first kappa shape index (κ1) is 9.93. The minimum atomic E-state index is -1.08. The molecule has 2 nitrogen and oxygen atoms in total. The quantitative estimate of drug-likeness (QED) is 0.597. The summed E-state index contributed by atoms with van der Waals surface area (Å²) in [5, 5.41) is 9.38. The maximum absolute atomic E-state index is 13.1. The summed E-state index contributed by atoms with van der Waals surface area (Å²) in [7, 11) is 0. The zero-order valence-corrected chi connectivity index (χ0v) is 8.21. The van der Waals surface area contributed by atoms with Crippen molar-refractivity contribution >= 4 is 0 Å². The van der Waals surface area contributed by atoms with E-state index in [1.807, 2.05) is 32.6 Å². The molecule has 1 heterocycles. The van der Waals surface area contributed by atoms with Crippen LogP contribution in [-0.4, -0.2) is 40.4 Å². The molecule has 1 fully saturated rings. The van der Waals surface area contributed by atoms with Crippen LogP contribution in [0.3, 0.4) is 0 Å². The van der Waals surface area contributed by atoms with Gasteiger partial charge >= 0.3 is 0 Å². The van der Waals surface area contributed by atoms with Crippen LogP contribution in [0.25, 0.3) is 0 Å². The fraction of sp³-hybridized carbons (Fsp3) is 1.00. The van der Waals surface area contributed by atoms with Crippen molar-refractivity contribution in [3.8, 4) is 0 Å². The van der Waals surface area contributed by atoms with E-state index in [4.69, 9.17) is 0 Å². The second-order valence-electron chi connectivity index (χ2n) is 4.57. The van der Waals surface area contributed by atoms with E-state index in [9.17, 15) is 9.50 Å². The van der Waals surface area contributed by atoms with Gasteiger partial charge in [0.2, 0.25) is 0 Å². The Labute approximate surface area is 73.4 Å². The predicted octanol–water partition coefficient (Wildman–Crippen LogP) is 1.19. The first-order valence-electron chi connectivity index (χ1n) is 4.43. The molecule has 0 aromatic carbocycles. The SMILES string of the molecule is C[C@@H]1[C@H](O)[C@@H](F)CN1C(C)(C)C. The van der Waals surface area contributed by atoms with Crippen molar-refractivity contribution in [1.29, 1.82) is 0 Å². The molecule has 0 aromatic rings. The van der Waals surface area contributed by atoms with Crippen LogP contribution in [0.1, 0.15) is 27.7 Å². The average Bonchev–Trinajstić information content (AvgIpc) is 2.15. The van der Waals surface area contributed by atoms with Crippen molar-refractivity contribution < 1.29 is 9.50 Å². The zero-order valence-electron chi connectivity index (χ0n) is 8.21. The topological polar surface area (TPSA) is 23.5 Å². The molecule has 3 heteroatoms. The van der Waals surface area contributed by atoms with E-state index in [0.717, 1.165) is 0 Å². The lowest BCUT2D eigenvalue weighted by molar-refractivity contribution is 0.0633. The Bertz CT molecular complexity index is 166. The molecule has 1 N–H and O–H groups in total. The molecule has 0 saturated carbocycles. The smallest absolute Gasteiger partial charge is 0.140 e. The zero-order chi connectivity index (χ0) is 9.52. The number of aliphatic hydroxyl groups is 1. The van der Waals surface area contributed by atoms with Crippen LogP contribution >= 0.6 is 0 Å². The fourth-order valence-corrected chi connectivity index (χ4v) is 1.83. The molecule has 3 atom stereocenters. The van der Waals surface area contributed by atoms with E-state index in [1.165, 1.54) is 0 Å². The summed E-state index contributed by atoms with van der Waals surface area (Å²) in [5.74, 6) is 0. The van der Waals surface area contributed by atoms with E-state index in [0.29, 0.717) is 6.54 Å². The lowest BCUT2D eigenvalue weighted by Gasteiger charge is -2.35. The molecule has 1 aliphatic rings. The normalized spacial score (nSPS) is 39.0. The van der Waals surface area contributed by atoms with E-state index >= 15 is 0 Å². The third-order valence-electron chi connectivity index (χ3n) is 2.59. The van der Waals surface area contributed by atoms with Gasteiger partial charge in [0.1, 0.15) is 12.3 Å². The highest BCUT2D eigenvalue weighted by Gasteiger charge is 2.42. The van der Waals surface area contributed by atoms with Crippen LogP contribution in [0.5, 0.6) is 0 Å². The monoisotopic (exact) mass is 175 g/mol. The highest BCUT2D eigenvalue weighted by molar-refractivity contribution is 4.96. The number of hydrogen-bond acceptors (Lipinski definition) is 2. The first-order valence-corrected chi connectivity index (χ1v) is 4.43. The lowest BCUT2D eigenvalue weighted by atomic mass is 10.0. The van der Waals surface area contributed by atoms with Crippen LogP contribution in [0, 0.1) is 0 Å². The number of nitrogens with zero attached hydrogens (tertiary/aromatic N) is 1.